The Bertz CT molecular complexity index is 1320. The molecule has 218 valence electrons. The van der Waals surface area contributed by atoms with Crippen molar-refractivity contribution in [3.05, 3.63) is 30.2 Å². The van der Waals surface area contributed by atoms with Crippen molar-refractivity contribution >= 4 is 22.5 Å². The summed E-state index contributed by atoms with van der Waals surface area (Å²) in [6, 6.07) is 6.07. The number of carbonyl (C=O) groups excluding carboxylic acids is 1. The maximum Gasteiger partial charge on any atom is 0.406 e. The number of benzene rings is 1. The number of rotatable bonds is 11. The molecular weight excluding hydrogens is 530 g/mol. The van der Waals surface area contributed by atoms with Gasteiger partial charge in [0.25, 0.3) is 0 Å². The molecule has 0 bridgehead atoms. The average Bonchev–Trinajstić information content (AvgIpc) is 3.36. The van der Waals surface area contributed by atoms with Crippen molar-refractivity contribution in [2.75, 3.05) is 38.5 Å². The average molecular weight is 566 g/mol. The van der Waals surface area contributed by atoms with E-state index in [1.807, 2.05) is 11.9 Å². The smallest absolute Gasteiger partial charge is 0.379 e. The van der Waals surface area contributed by atoms with Crippen molar-refractivity contribution in [3.63, 3.8) is 0 Å². The molecule has 9 nitrogen and oxygen atoms in total. The molecule has 1 aliphatic heterocycles. The maximum atomic E-state index is 14.7. The van der Waals surface area contributed by atoms with Crippen LogP contribution in [0.4, 0.5) is 23.2 Å². The molecule has 0 spiro atoms. The van der Waals surface area contributed by atoms with Gasteiger partial charge in [0.15, 0.2) is 0 Å². The molecule has 1 aromatic carbocycles. The van der Waals surface area contributed by atoms with Crippen molar-refractivity contribution in [1.29, 1.82) is 0 Å². The monoisotopic (exact) mass is 565 g/mol. The molecule has 4 atom stereocenters. The predicted molar refractivity (Wildman–Crippen MR) is 142 cm³/mol. The van der Waals surface area contributed by atoms with Gasteiger partial charge >= 0.3 is 6.18 Å². The second kappa shape index (κ2) is 11.7. The van der Waals surface area contributed by atoms with Gasteiger partial charge in [0.1, 0.15) is 12.7 Å². The summed E-state index contributed by atoms with van der Waals surface area (Å²) in [5, 5.41) is 13.7. The molecule has 2 fully saturated rings. The van der Waals surface area contributed by atoms with Gasteiger partial charge in [0.2, 0.25) is 17.6 Å². The number of carbonyl (C=O) groups is 1. The van der Waals surface area contributed by atoms with E-state index in [1.165, 1.54) is 0 Å². The van der Waals surface area contributed by atoms with Crippen LogP contribution in [0.2, 0.25) is 0 Å². The standard InChI is InChI=1S/C27H35F4N7O2/c1-3-8-32-12-16-10-17(16)26(39)33-13-24-35-25(36-40-24)23-11-18-20(34-21-7-9-37(2)14-19(21)28)5-4-6-22(18)38(23)15-27(29,30)31/h4-6,11,16-17,19,21,32,34H,3,7-10,12-15H2,1-2H3,(H,33,39)/t16-,17+,19-,21+/m0/s1. The van der Waals surface area contributed by atoms with Gasteiger partial charge in [0.05, 0.1) is 23.8 Å². The van der Waals surface area contributed by atoms with Crippen molar-refractivity contribution in [1.82, 2.24) is 30.2 Å². The Labute approximate surface area is 229 Å². The molecule has 5 rings (SSSR count). The first kappa shape index (κ1) is 28.3. The number of hydrogen-bond acceptors (Lipinski definition) is 7. The Morgan fingerprint density at radius 3 is 2.85 bits per heavy atom. The normalized spacial score (nSPS) is 23.4. The molecule has 40 heavy (non-hydrogen) atoms. The van der Waals surface area contributed by atoms with Gasteiger partial charge in [-0.25, -0.2) is 4.39 Å². The first-order valence-electron chi connectivity index (χ1n) is 13.7. The van der Waals surface area contributed by atoms with Gasteiger partial charge in [-0.15, -0.1) is 0 Å². The third kappa shape index (κ3) is 6.57. The van der Waals surface area contributed by atoms with E-state index in [-0.39, 0.29) is 42.3 Å². The zero-order valence-electron chi connectivity index (χ0n) is 22.6. The van der Waals surface area contributed by atoms with E-state index in [2.05, 4.69) is 33.0 Å². The molecule has 1 saturated heterocycles. The Morgan fingerprint density at radius 2 is 2.10 bits per heavy atom. The lowest BCUT2D eigenvalue weighted by Crippen LogP contribution is -2.46. The molecule has 2 aliphatic rings. The molecule has 2 aromatic heterocycles. The van der Waals surface area contributed by atoms with E-state index >= 15 is 0 Å². The van der Waals surface area contributed by atoms with E-state index in [9.17, 15) is 22.4 Å². The summed E-state index contributed by atoms with van der Waals surface area (Å²) in [6.45, 7) is 3.51. The van der Waals surface area contributed by atoms with Gasteiger partial charge in [-0.3, -0.25) is 4.79 Å². The summed E-state index contributed by atoms with van der Waals surface area (Å²) < 4.78 is 61.9. The van der Waals surface area contributed by atoms with Gasteiger partial charge in [-0.1, -0.05) is 18.1 Å². The number of amides is 1. The number of piperidine rings is 1. The fourth-order valence-electron chi connectivity index (χ4n) is 5.35. The van der Waals surface area contributed by atoms with Crippen LogP contribution in [0.3, 0.4) is 0 Å². The lowest BCUT2D eigenvalue weighted by molar-refractivity contribution is -0.139. The van der Waals surface area contributed by atoms with E-state index in [1.54, 1.807) is 24.3 Å². The summed E-state index contributed by atoms with van der Waals surface area (Å²) in [5.41, 5.74) is 0.976. The largest absolute Gasteiger partial charge is 0.406 e. The van der Waals surface area contributed by atoms with Crippen molar-refractivity contribution < 1.29 is 26.9 Å². The van der Waals surface area contributed by atoms with Crippen LogP contribution in [0.5, 0.6) is 0 Å². The number of aromatic nitrogens is 3. The second-order valence-corrected chi connectivity index (χ2v) is 10.8. The van der Waals surface area contributed by atoms with Gasteiger partial charge in [-0.2, -0.15) is 18.2 Å². The van der Waals surface area contributed by atoms with Gasteiger partial charge in [-0.05, 0) is 63.5 Å². The highest BCUT2D eigenvalue weighted by atomic mass is 19.4. The summed E-state index contributed by atoms with van der Waals surface area (Å²) in [5.74, 6) is 0.197. The topological polar surface area (TPSA) is 100 Å². The summed E-state index contributed by atoms with van der Waals surface area (Å²) >= 11 is 0. The number of alkyl halides is 4. The van der Waals surface area contributed by atoms with Crippen LogP contribution < -0.4 is 16.0 Å². The summed E-state index contributed by atoms with van der Waals surface area (Å²) in [6.07, 6.45) is -3.21. The third-order valence-corrected chi connectivity index (χ3v) is 7.57. The van der Waals surface area contributed by atoms with Crippen LogP contribution in [0.15, 0.2) is 28.8 Å². The Balaban J connectivity index is 1.34. The Morgan fingerprint density at radius 1 is 1.27 bits per heavy atom. The lowest BCUT2D eigenvalue weighted by Gasteiger charge is -2.33. The summed E-state index contributed by atoms with van der Waals surface area (Å²) in [7, 11) is 1.85. The van der Waals surface area contributed by atoms with Crippen LogP contribution in [0.25, 0.3) is 22.4 Å². The number of halogens is 4. The van der Waals surface area contributed by atoms with E-state index < -0.39 is 24.9 Å². The highest BCUT2D eigenvalue weighted by Crippen LogP contribution is 2.38. The number of anilines is 1. The molecular formula is C27H35F4N7O2. The minimum Gasteiger partial charge on any atom is -0.379 e. The zero-order valence-corrected chi connectivity index (χ0v) is 22.6. The number of fused-ring (bicyclic) bond motifs is 1. The maximum absolute atomic E-state index is 14.7. The fraction of sp³-hybridized carbons (Fsp3) is 0.593. The van der Waals surface area contributed by atoms with Crippen molar-refractivity contribution in [3.8, 4) is 11.5 Å². The molecule has 3 heterocycles. The molecule has 1 saturated carbocycles. The third-order valence-electron chi connectivity index (χ3n) is 7.57. The molecule has 1 aliphatic carbocycles. The first-order valence-corrected chi connectivity index (χ1v) is 13.7. The van der Waals surface area contributed by atoms with E-state index in [0.717, 1.165) is 30.5 Å². The molecule has 3 N–H and O–H groups in total. The van der Waals surface area contributed by atoms with Crippen molar-refractivity contribution in [2.24, 2.45) is 11.8 Å². The molecule has 0 unspecified atom stereocenters. The number of hydrogen-bond donors (Lipinski definition) is 3. The van der Waals surface area contributed by atoms with Gasteiger partial charge in [0, 0.05) is 30.1 Å². The van der Waals surface area contributed by atoms with Crippen molar-refractivity contribution in [2.45, 2.75) is 57.7 Å². The van der Waals surface area contributed by atoms with Crippen LogP contribution in [0.1, 0.15) is 32.1 Å². The number of nitrogens with zero attached hydrogens (tertiary/aromatic N) is 4. The van der Waals surface area contributed by atoms with Crippen LogP contribution in [-0.2, 0) is 17.9 Å². The molecule has 13 heteroatoms. The lowest BCUT2D eigenvalue weighted by atomic mass is 10.0. The Hall–Kier alpha value is -3.19. The SMILES string of the molecule is CCCNC[C@@H]1C[C@H]1C(=O)NCc1nc(-c2cc3c(N[C@@H]4CCN(C)C[C@@H]4F)cccc3n2CC(F)(F)F)no1. The van der Waals surface area contributed by atoms with Crippen LogP contribution >= 0.6 is 0 Å². The Kier molecular flexibility index (Phi) is 8.31. The zero-order chi connectivity index (χ0) is 28.4. The minimum atomic E-state index is -4.50. The fourth-order valence-corrected chi connectivity index (χ4v) is 5.35. The quantitative estimate of drug-likeness (QED) is 0.239. The molecule has 0 radical (unpaired) electrons. The molecule has 3 aromatic rings. The van der Waals surface area contributed by atoms with E-state index in [4.69, 9.17) is 4.52 Å². The minimum absolute atomic E-state index is 0.0161. The first-order chi connectivity index (χ1) is 19.1. The molecule has 1 amide bonds. The highest BCUT2D eigenvalue weighted by Gasteiger charge is 2.42. The van der Waals surface area contributed by atoms with Crippen LogP contribution in [0, 0.1) is 11.8 Å². The predicted octanol–water partition coefficient (Wildman–Crippen LogP) is 3.96. The second-order valence-electron chi connectivity index (χ2n) is 10.8. The van der Waals surface area contributed by atoms with Gasteiger partial charge < -0.3 is 29.9 Å². The van der Waals surface area contributed by atoms with Crippen LogP contribution in [-0.4, -0.2) is 77.1 Å². The summed E-state index contributed by atoms with van der Waals surface area (Å²) in [4.78, 5) is 18.7. The highest BCUT2D eigenvalue weighted by molar-refractivity contribution is 5.96. The number of likely N-dealkylation sites (tertiary alicyclic amines) is 1. The van der Waals surface area contributed by atoms with E-state index in [0.29, 0.717) is 35.5 Å². The number of nitrogens with one attached hydrogen (secondary N) is 3.